The molecule has 1 saturated heterocycles. The Bertz CT molecular complexity index is 1020. The summed E-state index contributed by atoms with van der Waals surface area (Å²) in [6.45, 7) is 1.50. The van der Waals surface area contributed by atoms with Gasteiger partial charge in [0.25, 0.3) is 0 Å². The number of hydrogen-bond acceptors (Lipinski definition) is 7. The van der Waals surface area contributed by atoms with Crippen LogP contribution in [-0.4, -0.2) is 77.7 Å². The minimum absolute atomic E-state index is 0.0646. The molecule has 0 aromatic heterocycles. The van der Waals surface area contributed by atoms with E-state index in [-0.39, 0.29) is 24.7 Å². The molecular weight excluding hydrogens is 444 g/mol. The average Bonchev–Trinajstić information content (AvgIpc) is 3.23. The predicted molar refractivity (Wildman–Crippen MR) is 120 cm³/mol. The van der Waals surface area contributed by atoms with Gasteiger partial charge in [0.15, 0.2) is 12.3 Å². The summed E-state index contributed by atoms with van der Waals surface area (Å²) in [5, 5.41) is 17.0. The topological polar surface area (TPSA) is 154 Å². The second-order valence-electron chi connectivity index (χ2n) is 8.44. The number of nitrogens with zero attached hydrogens (tertiary/aromatic N) is 1. The van der Waals surface area contributed by atoms with Crippen molar-refractivity contribution in [2.75, 3.05) is 25.6 Å². The van der Waals surface area contributed by atoms with E-state index < -0.39 is 48.1 Å². The lowest BCUT2D eigenvalue weighted by molar-refractivity contribution is -0.479. The number of rotatable bonds is 8. The molecule has 0 aliphatic carbocycles. The van der Waals surface area contributed by atoms with Crippen molar-refractivity contribution in [1.82, 2.24) is 10.6 Å². The molecule has 1 aromatic carbocycles. The van der Waals surface area contributed by atoms with Gasteiger partial charge in [0.05, 0.1) is 12.8 Å². The molecule has 11 nitrogen and oxygen atoms in total. The maximum Gasteiger partial charge on any atom is 0.409 e. The highest BCUT2D eigenvalue weighted by Gasteiger charge is 2.45. The van der Waals surface area contributed by atoms with E-state index in [0.717, 1.165) is 0 Å². The van der Waals surface area contributed by atoms with Gasteiger partial charge < -0.3 is 25.8 Å². The average molecular weight is 474 g/mol. The molecule has 0 spiro atoms. The first-order chi connectivity index (χ1) is 16.2. The van der Waals surface area contributed by atoms with Crippen LogP contribution in [0.5, 0.6) is 5.75 Å². The van der Waals surface area contributed by atoms with Gasteiger partial charge in [-0.1, -0.05) is 19.1 Å². The van der Waals surface area contributed by atoms with E-state index in [1.165, 1.54) is 11.7 Å². The third-order valence-electron chi connectivity index (χ3n) is 5.98. The van der Waals surface area contributed by atoms with E-state index in [1.807, 2.05) is 0 Å². The number of aliphatic hydroxyl groups excluding tert-OH is 1. The SMILES string of the molecule is COc1ccccc1NC(=O)C(=O)N[C@H]1CC(C)C=[N+]([C@@H](C[C@@H]2CCNC2=O)C(=O)CO)C1=O. The lowest BCUT2D eigenvalue weighted by Gasteiger charge is -2.25. The Morgan fingerprint density at radius 1 is 1.24 bits per heavy atom. The molecule has 3 rings (SSSR count). The van der Waals surface area contributed by atoms with Crippen LogP contribution in [0.25, 0.3) is 0 Å². The van der Waals surface area contributed by atoms with Crippen LogP contribution in [0, 0.1) is 11.8 Å². The second-order valence-corrected chi connectivity index (χ2v) is 8.44. The number of ketones is 1. The van der Waals surface area contributed by atoms with E-state index in [0.29, 0.717) is 24.4 Å². The molecule has 2 heterocycles. The molecule has 4 amide bonds. The van der Waals surface area contributed by atoms with E-state index in [4.69, 9.17) is 4.74 Å². The highest BCUT2D eigenvalue weighted by Crippen LogP contribution is 2.23. The number of nitrogens with one attached hydrogen (secondary N) is 3. The standard InChI is InChI=1S/C23H28N4O7/c1-13-9-16(26-22(32)21(31)25-15-5-3-4-6-19(15)34-2)23(33)27(11-13)17(18(29)12-28)10-14-7-8-24-20(14)30/h3-6,11,13-14,16-17,28H,7-10,12H2,1-2H3,(H2-,24,25,26,30,31,32)/p+1/t13?,14-,16-,17-/m0/s1. The fourth-order valence-electron chi connectivity index (χ4n) is 4.23. The Morgan fingerprint density at radius 3 is 2.62 bits per heavy atom. The number of hydrogen-bond donors (Lipinski definition) is 4. The molecular formula is C23H29N4O7+. The molecule has 0 bridgehead atoms. The van der Waals surface area contributed by atoms with E-state index in [9.17, 15) is 29.1 Å². The fourth-order valence-corrected chi connectivity index (χ4v) is 4.23. The molecule has 1 unspecified atom stereocenters. The van der Waals surface area contributed by atoms with Crippen molar-refractivity contribution >= 4 is 41.3 Å². The highest BCUT2D eigenvalue weighted by atomic mass is 16.5. The summed E-state index contributed by atoms with van der Waals surface area (Å²) in [6.07, 6.45) is 2.39. The maximum atomic E-state index is 13.2. The largest absolute Gasteiger partial charge is 0.495 e. The van der Waals surface area contributed by atoms with E-state index in [2.05, 4.69) is 16.0 Å². The number of aliphatic hydroxyl groups is 1. The predicted octanol–water partition coefficient (Wildman–Crippen LogP) is -0.776. The summed E-state index contributed by atoms with van der Waals surface area (Å²) in [4.78, 5) is 62.7. The van der Waals surface area contributed by atoms with Crippen molar-refractivity contribution in [3.63, 3.8) is 0 Å². The van der Waals surface area contributed by atoms with Gasteiger partial charge in [0, 0.05) is 24.8 Å². The van der Waals surface area contributed by atoms with Crippen molar-refractivity contribution in [3.05, 3.63) is 24.3 Å². The van der Waals surface area contributed by atoms with E-state index >= 15 is 0 Å². The van der Waals surface area contributed by atoms with Gasteiger partial charge in [-0.25, -0.2) is 4.79 Å². The van der Waals surface area contributed by atoms with Gasteiger partial charge in [-0.15, -0.1) is 0 Å². The Hall–Kier alpha value is -3.60. The first kappa shape index (κ1) is 25.0. The number of methoxy groups -OCH3 is 1. The van der Waals surface area contributed by atoms with E-state index in [1.54, 1.807) is 37.4 Å². The van der Waals surface area contributed by atoms with Crippen LogP contribution in [0.15, 0.2) is 24.3 Å². The van der Waals surface area contributed by atoms with Gasteiger partial charge >= 0.3 is 17.7 Å². The molecule has 1 aromatic rings. The zero-order valence-electron chi connectivity index (χ0n) is 19.1. The maximum absolute atomic E-state index is 13.2. The van der Waals surface area contributed by atoms with Crippen LogP contribution in [0.1, 0.15) is 26.2 Å². The molecule has 0 radical (unpaired) electrons. The number of para-hydroxylation sites is 2. The summed E-state index contributed by atoms with van der Waals surface area (Å²) >= 11 is 0. The normalized spacial score (nSPS) is 22.9. The summed E-state index contributed by atoms with van der Waals surface area (Å²) in [7, 11) is 1.43. The molecule has 2 aliphatic rings. The minimum atomic E-state index is -1.05. The van der Waals surface area contributed by atoms with Crippen LogP contribution in [0.4, 0.5) is 5.69 Å². The molecule has 182 valence electrons. The van der Waals surface area contributed by atoms with Crippen molar-refractivity contribution in [1.29, 1.82) is 0 Å². The molecule has 4 atom stereocenters. The quantitative estimate of drug-likeness (QED) is 0.285. The van der Waals surface area contributed by atoms with Crippen molar-refractivity contribution in [2.45, 2.75) is 38.3 Å². The third-order valence-corrected chi connectivity index (χ3v) is 5.98. The van der Waals surface area contributed by atoms with Gasteiger partial charge in [-0.05, 0) is 25.0 Å². The molecule has 0 saturated carbocycles. The van der Waals surface area contributed by atoms with Crippen LogP contribution in [0.2, 0.25) is 0 Å². The molecule has 2 aliphatic heterocycles. The summed E-state index contributed by atoms with van der Waals surface area (Å²) in [5.74, 6) is -3.68. The smallest absolute Gasteiger partial charge is 0.409 e. The molecule has 1 fully saturated rings. The summed E-state index contributed by atoms with van der Waals surface area (Å²) in [6, 6.07) is 4.47. The summed E-state index contributed by atoms with van der Waals surface area (Å²) in [5.41, 5.74) is 0.298. The number of carbonyl (C=O) groups is 5. The van der Waals surface area contributed by atoms with Gasteiger partial charge in [-0.3, -0.25) is 19.2 Å². The number of amides is 4. The van der Waals surface area contributed by atoms with Gasteiger partial charge in [-0.2, -0.15) is 4.58 Å². The Labute approximate surface area is 196 Å². The number of Topliss-reactive ketones (excluding diaryl/α,β-unsaturated/α-hetero) is 1. The molecule has 4 N–H and O–H groups in total. The second kappa shape index (κ2) is 11.0. The monoisotopic (exact) mass is 473 g/mol. The van der Waals surface area contributed by atoms with Crippen molar-refractivity contribution in [2.24, 2.45) is 11.8 Å². The Kier molecular flexibility index (Phi) is 8.11. The first-order valence-corrected chi connectivity index (χ1v) is 11.1. The zero-order valence-corrected chi connectivity index (χ0v) is 19.1. The van der Waals surface area contributed by atoms with Crippen LogP contribution >= 0.6 is 0 Å². The third kappa shape index (κ3) is 5.66. The summed E-state index contributed by atoms with van der Waals surface area (Å²) < 4.78 is 6.35. The number of carbonyl (C=O) groups excluding carboxylic acids is 5. The number of benzene rings is 1. The van der Waals surface area contributed by atoms with Gasteiger partial charge in [0.2, 0.25) is 17.7 Å². The van der Waals surface area contributed by atoms with Crippen LogP contribution < -0.4 is 20.7 Å². The number of ether oxygens (including phenoxy) is 1. The van der Waals surface area contributed by atoms with Crippen molar-refractivity contribution in [3.8, 4) is 5.75 Å². The number of anilines is 1. The molecule has 11 heteroatoms. The lowest BCUT2D eigenvalue weighted by Crippen LogP contribution is -2.56. The minimum Gasteiger partial charge on any atom is -0.495 e. The zero-order chi connectivity index (χ0) is 24.8. The molecule has 34 heavy (non-hydrogen) atoms. The van der Waals surface area contributed by atoms with Crippen molar-refractivity contribution < 1.29 is 38.4 Å². The first-order valence-electron chi connectivity index (χ1n) is 11.1. The Morgan fingerprint density at radius 2 is 1.97 bits per heavy atom. The fraction of sp³-hybridized carbons (Fsp3) is 0.478. The van der Waals surface area contributed by atoms with Crippen LogP contribution in [-0.2, 0) is 24.0 Å². The lowest BCUT2D eigenvalue weighted by atomic mass is 9.92. The van der Waals surface area contributed by atoms with Crippen LogP contribution in [0.3, 0.4) is 0 Å². The highest BCUT2D eigenvalue weighted by molar-refractivity contribution is 6.40. The van der Waals surface area contributed by atoms with Gasteiger partial charge in [0.1, 0.15) is 12.4 Å². The Balaban J connectivity index is 1.73.